The number of ether oxygens (including phenoxy) is 18. The average Bonchev–Trinajstić information content (AvgIpc) is 0.771. The molecule has 9 fully saturated rings. The van der Waals surface area contributed by atoms with Gasteiger partial charge in [-0.3, -0.25) is 4.90 Å². The highest BCUT2D eigenvalue weighted by Crippen LogP contribution is 2.39. The lowest BCUT2D eigenvalue weighted by atomic mass is 9.90. The van der Waals surface area contributed by atoms with Gasteiger partial charge in [-0.05, 0) is 73.2 Å². The van der Waals surface area contributed by atoms with Crippen LogP contribution in [0.1, 0.15) is 33.1 Å². The van der Waals surface area contributed by atoms with E-state index in [4.69, 9.17) is 122 Å². The van der Waals surface area contributed by atoms with Crippen molar-refractivity contribution in [2.45, 2.75) is 300 Å². The molecule has 34 N–H and O–H groups in total. The Morgan fingerprint density at radius 2 is 0.547 bits per heavy atom. The van der Waals surface area contributed by atoms with Crippen molar-refractivity contribution in [1.82, 2.24) is 36.8 Å². The molecule has 812 valence electrons. The molecule has 9 saturated heterocycles. The van der Waals surface area contributed by atoms with Gasteiger partial charge in [-0.2, -0.15) is 0 Å². The minimum Gasteiger partial charge on any atom is -0.394 e. The van der Waals surface area contributed by atoms with Gasteiger partial charge in [-0.25, -0.2) is 0 Å². The predicted octanol–water partition coefficient (Wildman–Crippen LogP) is -17.0. The Hall–Kier alpha value is -1.76. The highest BCUT2D eigenvalue weighted by molar-refractivity contribution is 8.00. The molecule has 0 aliphatic carbocycles. The first-order valence-electron chi connectivity index (χ1n) is 45.8. The van der Waals surface area contributed by atoms with Crippen LogP contribution < -0.4 is 31.9 Å². The third-order valence-electron chi connectivity index (χ3n) is 25.3. The van der Waals surface area contributed by atoms with Crippen LogP contribution in [0.15, 0.2) is 0 Å². The largest absolute Gasteiger partial charge is 0.394 e. The third-order valence-corrected chi connectivity index (χ3v) is 29.9. The topological polar surface area (TPSA) is 808 Å². The van der Waals surface area contributed by atoms with Gasteiger partial charge in [0.25, 0.3) is 0 Å². The molecule has 0 bridgehead atoms. The smallest absolute Gasteiger partial charge is 0.187 e. The Bertz CT molecular complexity index is 3340. The number of thiocarbonyl (C=S) groups is 3. The van der Waals surface area contributed by atoms with E-state index < -0.39 is 325 Å². The minimum absolute atomic E-state index is 0.00931. The van der Waals surface area contributed by atoms with E-state index in [9.17, 15) is 143 Å². The molecule has 0 aromatic heterocycles. The van der Waals surface area contributed by atoms with Crippen molar-refractivity contribution in [3.63, 3.8) is 0 Å². The SMILES string of the molecule is COC1OC(CO)C(OC2OC(CNC(=S)NCCN(CCNC(=S)NCC3OC(OC4C(CO)OC(OC)C(O)C4O)C(O)C(O)C3C)CCNC(=S)NC(COCCCSC3OC(CO)C(O)C(O)C3O)(COCCCSC3OC(CO)C(OC4OC(CO)C(O)C(O)C4O)C(O)C3O)COCCCSC3OC(CO)C(OC4OC(CO)C(O)C(O)C4O)C(O)C3O)C(C)C(O)C2O)C(O)C1O. The molecule has 9 aliphatic heterocycles. The molecule has 0 radical (unpaired) electrons. The van der Waals surface area contributed by atoms with Crippen LogP contribution in [0.2, 0.25) is 0 Å². The normalized spacial score (nSPS) is 42.2. The molecule has 9 heterocycles. The molecule has 0 aromatic rings. The molecule has 0 spiro atoms. The van der Waals surface area contributed by atoms with E-state index in [1.54, 1.807) is 13.8 Å². The fourth-order valence-electron chi connectivity index (χ4n) is 16.8. The van der Waals surface area contributed by atoms with E-state index in [1.165, 1.54) is 14.2 Å². The Kier molecular flexibility index (Phi) is 51.4. The van der Waals surface area contributed by atoms with Crippen molar-refractivity contribution in [2.75, 3.05) is 170 Å². The summed E-state index contributed by atoms with van der Waals surface area (Å²) in [6.07, 6.45) is -61.4. The molecule has 0 amide bonds. The zero-order chi connectivity index (χ0) is 102. The lowest BCUT2D eigenvalue weighted by Crippen LogP contribution is -2.64. The number of hydrogen-bond donors (Lipinski definition) is 34. The van der Waals surface area contributed by atoms with E-state index in [0.717, 1.165) is 35.3 Å². The summed E-state index contributed by atoms with van der Waals surface area (Å²) in [5.41, 5.74) is -4.92. The van der Waals surface area contributed by atoms with Crippen LogP contribution in [0.4, 0.5) is 0 Å². The molecule has 0 saturated carbocycles. The number of thioether (sulfide) groups is 3. The second-order valence-electron chi connectivity index (χ2n) is 35.2. The summed E-state index contributed by atoms with van der Waals surface area (Å²) < 4.78 is 105. The second-order valence-corrected chi connectivity index (χ2v) is 40.0. The summed E-state index contributed by atoms with van der Waals surface area (Å²) in [5, 5.41) is 318. The Labute approximate surface area is 829 Å². The van der Waals surface area contributed by atoms with Crippen LogP contribution in [-0.4, -0.2) is 600 Å². The summed E-state index contributed by atoms with van der Waals surface area (Å²) in [6, 6.07) is 0. The van der Waals surface area contributed by atoms with Crippen molar-refractivity contribution < 1.29 is 228 Å². The first kappa shape index (κ1) is 121. The highest BCUT2D eigenvalue weighted by Gasteiger charge is 2.57. The van der Waals surface area contributed by atoms with Crippen LogP contribution in [0.25, 0.3) is 0 Å². The van der Waals surface area contributed by atoms with E-state index in [2.05, 4.69) is 31.9 Å². The maximum atomic E-state index is 11.4. The predicted molar refractivity (Wildman–Crippen MR) is 489 cm³/mol. The van der Waals surface area contributed by atoms with Crippen molar-refractivity contribution in [1.29, 1.82) is 0 Å². The number of methoxy groups -OCH3 is 2. The molecule has 45 unspecified atom stereocenters. The Morgan fingerprint density at radius 1 is 0.295 bits per heavy atom. The zero-order valence-electron chi connectivity index (χ0n) is 76.8. The van der Waals surface area contributed by atoms with Gasteiger partial charge in [-0.1, -0.05) is 13.8 Å². The fraction of sp³-hybridized carbons (Fsp3) is 0.963. The van der Waals surface area contributed by atoms with Gasteiger partial charge in [0.2, 0.25) is 0 Å². The number of aliphatic hydroxyl groups is 28. The first-order valence-corrected chi connectivity index (χ1v) is 50.2. The highest BCUT2D eigenvalue weighted by atomic mass is 32.2. The third kappa shape index (κ3) is 32.4. The molecular weight excluding hydrogens is 1990 g/mol. The Morgan fingerprint density at radius 3 is 0.863 bits per heavy atom. The summed E-state index contributed by atoms with van der Waals surface area (Å²) in [7, 11) is 2.44. The van der Waals surface area contributed by atoms with E-state index in [0.29, 0.717) is 0 Å². The molecule has 9 aliphatic rings. The van der Waals surface area contributed by atoms with Gasteiger partial charge in [0, 0.05) is 98.2 Å². The molecule has 53 nitrogen and oxygen atoms in total. The van der Waals surface area contributed by atoms with E-state index >= 15 is 0 Å². The molecular formula is C80H145N7O46S6. The van der Waals surface area contributed by atoms with Gasteiger partial charge >= 0.3 is 0 Å². The standard InChI is InChI=1S/C80H145N7O46S6/c1-32-34(121-70(55(107)43(32)95)130-64-39(25-91)125-68(116-3)59(111)51(64)103)20-84-77(134)81-8-11-87(12-9-82-78(135)85-21-35-33(2)44(96)56(108)71(122-35)131-65-40(26-92)126-69(117-4)60(112)52(65)104)13-10-83-79(136)86-80(29-118-14-5-17-137-74-61(113)50(102)47(99)38(24-90)127-74,30-119-15-6-18-138-75-62(114)53(105)66(41(27-93)128-75)132-72-57(109)48(100)45(97)36(22-88)123-72)31-120-16-7-19-139-76-63(115)54(106)67(42(28-94)129-76)133-73-58(110)49(101)46(98)37(23-89)124-73/h32-76,88-115H,5-31H2,1-4H3,(H2,81,84,134)(H2,82,85,135)(H2,83,86,136). The van der Waals surface area contributed by atoms with Crippen LogP contribution in [0.3, 0.4) is 0 Å². The van der Waals surface area contributed by atoms with Crippen molar-refractivity contribution in [3.05, 3.63) is 0 Å². The van der Waals surface area contributed by atoms with Crippen LogP contribution >= 0.6 is 71.9 Å². The molecule has 45 atom stereocenters. The molecule has 9 rings (SSSR count). The number of nitrogens with one attached hydrogen (secondary N) is 6. The van der Waals surface area contributed by atoms with E-state index in [1.807, 2.05) is 4.90 Å². The lowest BCUT2D eigenvalue weighted by molar-refractivity contribution is -0.351. The fourth-order valence-corrected chi connectivity index (χ4v) is 20.8. The van der Waals surface area contributed by atoms with Gasteiger partial charge in [-0.15, -0.1) is 35.3 Å². The van der Waals surface area contributed by atoms with Gasteiger partial charge in [0.05, 0.1) is 90.5 Å². The van der Waals surface area contributed by atoms with Gasteiger partial charge in [0.1, 0.15) is 205 Å². The maximum absolute atomic E-state index is 11.4. The minimum atomic E-state index is -1.90. The summed E-state index contributed by atoms with van der Waals surface area (Å²) in [5.74, 6) is -0.918. The van der Waals surface area contributed by atoms with Crippen molar-refractivity contribution in [2.24, 2.45) is 11.8 Å². The van der Waals surface area contributed by atoms with Crippen molar-refractivity contribution in [3.8, 4) is 0 Å². The second kappa shape index (κ2) is 59.2. The molecule has 59 heteroatoms. The number of rotatable bonds is 52. The maximum Gasteiger partial charge on any atom is 0.187 e. The number of nitrogens with zero attached hydrogens (tertiary/aromatic N) is 1. The summed E-state index contributed by atoms with van der Waals surface area (Å²) in [6.45, 7) is -1.86. The molecule has 139 heavy (non-hydrogen) atoms. The monoisotopic (exact) mass is 2130 g/mol. The quantitative estimate of drug-likeness (QED) is 0.0199. The number of aliphatic hydroxyl groups excluding tert-OH is 28. The molecule has 0 aromatic carbocycles. The van der Waals surface area contributed by atoms with Gasteiger partial charge in [0.15, 0.2) is 53.1 Å². The summed E-state index contributed by atoms with van der Waals surface area (Å²) >= 11 is 20.7. The van der Waals surface area contributed by atoms with Crippen LogP contribution in [0, 0.1) is 11.8 Å². The number of hydrogen-bond acceptors (Lipinski definition) is 53. The lowest BCUT2D eigenvalue weighted by Gasteiger charge is -2.46. The van der Waals surface area contributed by atoms with Crippen molar-refractivity contribution >= 4 is 87.3 Å². The first-order chi connectivity index (χ1) is 66.3. The van der Waals surface area contributed by atoms with Gasteiger partial charge < -0.3 is 260 Å². The summed E-state index contributed by atoms with van der Waals surface area (Å²) in [4.78, 5) is 1.97. The Balaban J connectivity index is 0.897. The average molecular weight is 2130 g/mol. The van der Waals surface area contributed by atoms with Crippen LogP contribution in [-0.2, 0) is 85.3 Å². The zero-order valence-corrected chi connectivity index (χ0v) is 81.7. The van der Waals surface area contributed by atoms with Crippen LogP contribution in [0.5, 0.6) is 0 Å². The van der Waals surface area contributed by atoms with E-state index in [-0.39, 0.29) is 144 Å².